The van der Waals surface area contributed by atoms with Crippen molar-refractivity contribution in [2.24, 2.45) is 7.05 Å². The number of ether oxygens (including phenoxy) is 1. The van der Waals surface area contributed by atoms with Gasteiger partial charge in [-0.3, -0.25) is 14.6 Å². The fourth-order valence-electron chi connectivity index (χ4n) is 3.20. The van der Waals surface area contributed by atoms with E-state index in [2.05, 4.69) is 25.9 Å². The van der Waals surface area contributed by atoms with Crippen LogP contribution in [0, 0.1) is 0 Å². The van der Waals surface area contributed by atoms with E-state index in [1.165, 1.54) is 6.20 Å². The van der Waals surface area contributed by atoms with Crippen molar-refractivity contribution >= 4 is 34.5 Å². The van der Waals surface area contributed by atoms with E-state index in [4.69, 9.17) is 4.74 Å². The van der Waals surface area contributed by atoms with Gasteiger partial charge in [-0.15, -0.1) is 0 Å². The number of hydrogen-bond donors (Lipinski definition) is 3. The van der Waals surface area contributed by atoms with Crippen LogP contribution in [0.2, 0.25) is 0 Å². The van der Waals surface area contributed by atoms with Crippen LogP contribution < -0.4 is 20.7 Å². The second-order valence-electron chi connectivity index (χ2n) is 6.98. The molecule has 0 spiro atoms. The molecule has 2 amide bonds. The lowest BCUT2D eigenvalue weighted by atomic mass is 10.2. The van der Waals surface area contributed by atoms with Crippen LogP contribution in [0.3, 0.4) is 0 Å². The van der Waals surface area contributed by atoms with E-state index in [0.29, 0.717) is 23.0 Å². The highest BCUT2D eigenvalue weighted by Gasteiger charge is 2.11. The zero-order chi connectivity index (χ0) is 22.7. The molecule has 9 nitrogen and oxygen atoms in total. The van der Waals surface area contributed by atoms with Gasteiger partial charge in [0.15, 0.2) is 0 Å². The Morgan fingerprint density at radius 2 is 1.62 bits per heavy atom. The number of amides is 2. The molecule has 0 aliphatic heterocycles. The lowest BCUT2D eigenvalue weighted by molar-refractivity contribution is 0.0952. The molecule has 9 heteroatoms. The summed E-state index contributed by atoms with van der Waals surface area (Å²) in [5, 5.41) is 8.41. The number of carbonyl (C=O) groups is 2. The van der Waals surface area contributed by atoms with Gasteiger partial charge in [-0.25, -0.2) is 4.98 Å². The minimum absolute atomic E-state index is 0.136. The molecule has 0 aliphatic rings. The molecule has 0 unspecified atom stereocenters. The van der Waals surface area contributed by atoms with Gasteiger partial charge in [0.1, 0.15) is 17.2 Å². The standard InChI is InChI=1S/C23H22N6O3/c1-24-21(30)14-4-6-15(7-5-14)27-23-28-18-12-16(8-9-20(18)29(23)3)32-17-10-11-26-19(13-17)22(31)25-2/h4-13H,1-3H3,(H,24,30)(H,25,31)(H,27,28). The van der Waals surface area contributed by atoms with Crippen molar-refractivity contribution < 1.29 is 14.3 Å². The molecule has 0 aliphatic carbocycles. The molecule has 0 bridgehead atoms. The molecule has 2 aromatic heterocycles. The van der Waals surface area contributed by atoms with Gasteiger partial charge in [-0.2, -0.15) is 0 Å². The van der Waals surface area contributed by atoms with Crippen LogP contribution in [0.5, 0.6) is 11.5 Å². The summed E-state index contributed by atoms with van der Waals surface area (Å²) >= 11 is 0. The maximum Gasteiger partial charge on any atom is 0.269 e. The van der Waals surface area contributed by atoms with Crippen LogP contribution in [-0.2, 0) is 7.05 Å². The van der Waals surface area contributed by atoms with E-state index in [9.17, 15) is 9.59 Å². The number of imidazole rings is 1. The Labute approximate surface area is 184 Å². The summed E-state index contributed by atoms with van der Waals surface area (Å²) in [7, 11) is 5.06. The van der Waals surface area contributed by atoms with Crippen molar-refractivity contribution in [3.8, 4) is 11.5 Å². The highest BCUT2D eigenvalue weighted by molar-refractivity contribution is 5.94. The van der Waals surface area contributed by atoms with Crippen molar-refractivity contribution in [1.29, 1.82) is 0 Å². The molecule has 0 fully saturated rings. The maximum atomic E-state index is 11.8. The molecule has 4 aromatic rings. The van der Waals surface area contributed by atoms with E-state index < -0.39 is 0 Å². The van der Waals surface area contributed by atoms with Crippen LogP contribution in [0.1, 0.15) is 20.8 Å². The van der Waals surface area contributed by atoms with E-state index >= 15 is 0 Å². The lowest BCUT2D eigenvalue weighted by Gasteiger charge is -2.07. The molecule has 162 valence electrons. The van der Waals surface area contributed by atoms with Crippen LogP contribution in [-0.4, -0.2) is 40.4 Å². The van der Waals surface area contributed by atoms with Crippen LogP contribution in [0.15, 0.2) is 60.8 Å². The van der Waals surface area contributed by atoms with Crippen molar-refractivity contribution in [1.82, 2.24) is 25.2 Å². The second-order valence-corrected chi connectivity index (χ2v) is 6.98. The first kappa shape index (κ1) is 20.9. The number of nitrogens with one attached hydrogen (secondary N) is 3. The average molecular weight is 430 g/mol. The summed E-state index contributed by atoms with van der Waals surface area (Å²) in [5.74, 6) is 1.32. The molecular formula is C23H22N6O3. The Morgan fingerprint density at radius 3 is 2.34 bits per heavy atom. The smallest absolute Gasteiger partial charge is 0.269 e. The van der Waals surface area contributed by atoms with Gasteiger partial charge in [-0.05, 0) is 42.5 Å². The molecular weight excluding hydrogens is 408 g/mol. The van der Waals surface area contributed by atoms with Gasteiger partial charge in [0.05, 0.1) is 11.0 Å². The third kappa shape index (κ3) is 4.22. The quantitative estimate of drug-likeness (QED) is 0.433. The first-order valence-electron chi connectivity index (χ1n) is 9.90. The molecule has 0 radical (unpaired) electrons. The topological polar surface area (TPSA) is 110 Å². The third-order valence-corrected chi connectivity index (χ3v) is 4.91. The fourth-order valence-corrected chi connectivity index (χ4v) is 3.20. The number of carbonyl (C=O) groups excluding carboxylic acids is 2. The lowest BCUT2D eigenvalue weighted by Crippen LogP contribution is -2.18. The van der Waals surface area contributed by atoms with E-state index in [0.717, 1.165) is 16.7 Å². The van der Waals surface area contributed by atoms with E-state index in [1.807, 2.05) is 41.9 Å². The number of pyridine rings is 1. The van der Waals surface area contributed by atoms with Gasteiger partial charge in [0.25, 0.3) is 11.8 Å². The number of aromatic nitrogens is 3. The van der Waals surface area contributed by atoms with Gasteiger partial charge >= 0.3 is 0 Å². The Bertz CT molecular complexity index is 1300. The maximum absolute atomic E-state index is 11.8. The number of benzene rings is 2. The normalized spacial score (nSPS) is 10.6. The van der Waals surface area contributed by atoms with E-state index in [-0.39, 0.29) is 17.5 Å². The van der Waals surface area contributed by atoms with Crippen LogP contribution in [0.4, 0.5) is 11.6 Å². The monoisotopic (exact) mass is 430 g/mol. The zero-order valence-electron chi connectivity index (χ0n) is 17.8. The SMILES string of the molecule is CNC(=O)c1ccc(Nc2nc3cc(Oc4ccnc(C(=O)NC)c4)ccc3n2C)cc1. The molecule has 2 aromatic carbocycles. The number of rotatable bonds is 6. The minimum Gasteiger partial charge on any atom is -0.457 e. The van der Waals surface area contributed by atoms with Crippen molar-refractivity contribution in [3.05, 3.63) is 72.1 Å². The zero-order valence-corrected chi connectivity index (χ0v) is 17.8. The van der Waals surface area contributed by atoms with Gasteiger partial charge < -0.3 is 25.3 Å². The molecule has 4 rings (SSSR count). The Hall–Kier alpha value is -4.40. The molecule has 3 N–H and O–H groups in total. The average Bonchev–Trinajstić information content (AvgIpc) is 3.13. The molecule has 0 saturated carbocycles. The largest absolute Gasteiger partial charge is 0.457 e. The van der Waals surface area contributed by atoms with Gasteiger partial charge in [0.2, 0.25) is 5.95 Å². The van der Waals surface area contributed by atoms with Crippen LogP contribution in [0.25, 0.3) is 11.0 Å². The molecule has 0 saturated heterocycles. The molecule has 0 atom stereocenters. The first-order valence-corrected chi connectivity index (χ1v) is 9.90. The number of anilines is 2. The van der Waals surface area contributed by atoms with Gasteiger partial charge in [-0.1, -0.05) is 0 Å². The number of hydrogen-bond acceptors (Lipinski definition) is 6. The minimum atomic E-state index is -0.283. The van der Waals surface area contributed by atoms with Crippen molar-refractivity contribution in [2.45, 2.75) is 0 Å². The number of nitrogens with zero attached hydrogens (tertiary/aromatic N) is 3. The highest BCUT2D eigenvalue weighted by Crippen LogP contribution is 2.28. The summed E-state index contributed by atoms with van der Waals surface area (Å²) in [5.41, 5.74) is 3.34. The number of aryl methyl sites for hydroxylation is 1. The number of fused-ring (bicyclic) bond motifs is 1. The third-order valence-electron chi connectivity index (χ3n) is 4.91. The first-order chi connectivity index (χ1) is 15.5. The predicted molar refractivity (Wildman–Crippen MR) is 122 cm³/mol. The summed E-state index contributed by atoms with van der Waals surface area (Å²) in [6.45, 7) is 0. The van der Waals surface area contributed by atoms with Crippen molar-refractivity contribution in [3.63, 3.8) is 0 Å². The fraction of sp³-hybridized carbons (Fsp3) is 0.130. The summed E-state index contributed by atoms with van der Waals surface area (Å²) in [6.07, 6.45) is 1.52. The Morgan fingerprint density at radius 1 is 0.906 bits per heavy atom. The highest BCUT2D eigenvalue weighted by atomic mass is 16.5. The summed E-state index contributed by atoms with van der Waals surface area (Å²) < 4.78 is 7.84. The molecule has 2 heterocycles. The summed E-state index contributed by atoms with van der Waals surface area (Å²) in [4.78, 5) is 32.2. The summed E-state index contributed by atoms with van der Waals surface area (Å²) in [6, 6.07) is 16.0. The predicted octanol–water partition coefficient (Wildman–Crippen LogP) is 3.22. The Balaban J connectivity index is 1.56. The van der Waals surface area contributed by atoms with Crippen molar-refractivity contribution in [2.75, 3.05) is 19.4 Å². The van der Waals surface area contributed by atoms with E-state index in [1.54, 1.807) is 38.4 Å². The molecule has 32 heavy (non-hydrogen) atoms. The van der Waals surface area contributed by atoms with Crippen LogP contribution >= 0.6 is 0 Å². The second kappa shape index (κ2) is 8.76. The Kier molecular flexibility index (Phi) is 5.71. The van der Waals surface area contributed by atoms with Gasteiger partial charge in [0, 0.05) is 50.7 Å².